The summed E-state index contributed by atoms with van der Waals surface area (Å²) in [5.41, 5.74) is 0. The zero-order valence-electron chi connectivity index (χ0n) is 9.13. The highest BCUT2D eigenvalue weighted by molar-refractivity contribution is 5.98. The molecule has 0 aromatic heterocycles. The van der Waals surface area contributed by atoms with E-state index in [2.05, 4.69) is 0 Å². The third-order valence-electron chi connectivity index (χ3n) is 3.59. The second-order valence-electron chi connectivity index (χ2n) is 4.51. The Bertz CT molecular complexity index is 379. The maximum Gasteiger partial charge on any atom is 0.250 e. The van der Waals surface area contributed by atoms with Gasteiger partial charge in [-0.25, -0.2) is 0 Å². The standard InChI is InChI=1S/C11H14N2O3/c1-7-9-11(15)12-4-2-3-8(12)10(14)13(9)5-6-16-7/h5-9H,2-4H2,1H3/t7-,8-,9+/m1/s1. The summed E-state index contributed by atoms with van der Waals surface area (Å²) in [5.74, 6) is 0.0625. The lowest BCUT2D eigenvalue weighted by Gasteiger charge is -2.44. The molecule has 0 aromatic rings. The second-order valence-corrected chi connectivity index (χ2v) is 4.51. The van der Waals surface area contributed by atoms with Crippen LogP contribution in [0.1, 0.15) is 19.8 Å². The quantitative estimate of drug-likeness (QED) is 0.583. The molecule has 0 unspecified atom stereocenters. The molecule has 3 atom stereocenters. The van der Waals surface area contributed by atoms with Crippen LogP contribution < -0.4 is 0 Å². The average molecular weight is 222 g/mol. The zero-order chi connectivity index (χ0) is 11.3. The van der Waals surface area contributed by atoms with E-state index in [-0.39, 0.29) is 24.0 Å². The van der Waals surface area contributed by atoms with Crippen molar-refractivity contribution in [3.8, 4) is 0 Å². The van der Waals surface area contributed by atoms with Crippen molar-refractivity contribution in [2.24, 2.45) is 0 Å². The highest BCUT2D eigenvalue weighted by atomic mass is 16.5. The fourth-order valence-electron chi connectivity index (χ4n) is 2.78. The second kappa shape index (κ2) is 3.23. The molecule has 0 bridgehead atoms. The van der Waals surface area contributed by atoms with E-state index in [4.69, 9.17) is 4.74 Å². The molecule has 5 nitrogen and oxygen atoms in total. The summed E-state index contributed by atoms with van der Waals surface area (Å²) < 4.78 is 5.29. The van der Waals surface area contributed by atoms with Gasteiger partial charge in [-0.15, -0.1) is 0 Å². The SMILES string of the molecule is C[C@H]1OC=CN2C(=O)[C@H]3CCCN3C(=O)[C@H]12. The van der Waals surface area contributed by atoms with Gasteiger partial charge in [0, 0.05) is 12.7 Å². The minimum atomic E-state index is -0.466. The van der Waals surface area contributed by atoms with Gasteiger partial charge in [0.15, 0.2) is 6.04 Å². The van der Waals surface area contributed by atoms with E-state index in [1.54, 1.807) is 16.0 Å². The van der Waals surface area contributed by atoms with E-state index in [1.807, 2.05) is 6.92 Å². The first-order chi connectivity index (χ1) is 7.70. The molecule has 0 aromatic carbocycles. The van der Waals surface area contributed by atoms with E-state index in [0.29, 0.717) is 6.54 Å². The maximum atomic E-state index is 12.2. The number of hydrogen-bond donors (Lipinski definition) is 0. The van der Waals surface area contributed by atoms with Gasteiger partial charge in [0.2, 0.25) is 11.8 Å². The number of carbonyl (C=O) groups is 2. The highest BCUT2D eigenvalue weighted by Gasteiger charge is 2.50. The van der Waals surface area contributed by atoms with Gasteiger partial charge in [-0.1, -0.05) is 0 Å². The van der Waals surface area contributed by atoms with Crippen molar-refractivity contribution in [2.75, 3.05) is 6.54 Å². The average Bonchev–Trinajstić information content (AvgIpc) is 2.75. The van der Waals surface area contributed by atoms with Crippen LogP contribution in [0.3, 0.4) is 0 Å². The topological polar surface area (TPSA) is 49.9 Å². The summed E-state index contributed by atoms with van der Waals surface area (Å²) in [6, 6.07) is -0.703. The van der Waals surface area contributed by atoms with Crippen molar-refractivity contribution in [3.63, 3.8) is 0 Å². The van der Waals surface area contributed by atoms with Crippen molar-refractivity contribution < 1.29 is 14.3 Å². The molecule has 3 aliphatic rings. The number of amides is 2. The first-order valence-corrected chi connectivity index (χ1v) is 5.65. The van der Waals surface area contributed by atoms with Gasteiger partial charge >= 0.3 is 0 Å². The van der Waals surface area contributed by atoms with E-state index in [0.717, 1.165) is 12.8 Å². The van der Waals surface area contributed by atoms with Crippen LogP contribution in [0.25, 0.3) is 0 Å². The maximum absolute atomic E-state index is 12.2. The molecule has 0 spiro atoms. The molecular formula is C11H14N2O3. The molecule has 0 N–H and O–H groups in total. The summed E-state index contributed by atoms with van der Waals surface area (Å²) in [7, 11) is 0. The Kier molecular flexibility index (Phi) is 1.96. The predicted molar refractivity (Wildman–Crippen MR) is 55.1 cm³/mol. The minimum Gasteiger partial charge on any atom is -0.494 e. The van der Waals surface area contributed by atoms with Gasteiger partial charge in [0.1, 0.15) is 12.1 Å². The van der Waals surface area contributed by atoms with Gasteiger partial charge in [-0.2, -0.15) is 0 Å². The zero-order valence-corrected chi connectivity index (χ0v) is 9.13. The Labute approximate surface area is 93.6 Å². The number of piperazine rings is 1. The van der Waals surface area contributed by atoms with Crippen molar-refractivity contribution >= 4 is 11.8 Å². The molecule has 0 radical (unpaired) electrons. The molecule has 3 heterocycles. The number of hydrogen-bond acceptors (Lipinski definition) is 3. The smallest absolute Gasteiger partial charge is 0.250 e. The van der Waals surface area contributed by atoms with E-state index >= 15 is 0 Å². The van der Waals surface area contributed by atoms with Crippen molar-refractivity contribution in [2.45, 2.75) is 38.0 Å². The molecule has 5 heteroatoms. The fraction of sp³-hybridized carbons (Fsp3) is 0.636. The first-order valence-electron chi connectivity index (χ1n) is 5.65. The Morgan fingerprint density at radius 2 is 2.19 bits per heavy atom. The van der Waals surface area contributed by atoms with E-state index in [9.17, 15) is 9.59 Å². The number of nitrogens with zero attached hydrogens (tertiary/aromatic N) is 2. The van der Waals surface area contributed by atoms with E-state index < -0.39 is 6.04 Å². The summed E-state index contributed by atoms with van der Waals surface area (Å²) in [5, 5.41) is 0. The normalized spacial score (nSPS) is 37.2. The largest absolute Gasteiger partial charge is 0.494 e. The van der Waals surface area contributed by atoms with E-state index in [1.165, 1.54) is 6.26 Å². The summed E-state index contributed by atoms with van der Waals surface area (Å²) in [6.07, 6.45) is 4.53. The molecule has 2 saturated heterocycles. The van der Waals surface area contributed by atoms with Crippen molar-refractivity contribution in [3.05, 3.63) is 12.5 Å². The molecule has 2 fully saturated rings. The molecule has 0 saturated carbocycles. The van der Waals surface area contributed by atoms with Gasteiger partial charge in [-0.3, -0.25) is 14.5 Å². The lowest BCUT2D eigenvalue weighted by molar-refractivity contribution is -0.162. The van der Waals surface area contributed by atoms with Gasteiger partial charge in [-0.05, 0) is 19.8 Å². The fourth-order valence-corrected chi connectivity index (χ4v) is 2.78. The monoisotopic (exact) mass is 222 g/mol. The molecule has 16 heavy (non-hydrogen) atoms. The van der Waals surface area contributed by atoms with Crippen LogP contribution in [0, 0.1) is 0 Å². The van der Waals surface area contributed by atoms with Crippen molar-refractivity contribution in [1.82, 2.24) is 9.80 Å². The minimum absolute atomic E-state index is 0.0268. The number of carbonyl (C=O) groups excluding carboxylic acids is 2. The van der Waals surface area contributed by atoms with Crippen LogP contribution in [0.4, 0.5) is 0 Å². The Morgan fingerprint density at radius 3 is 3.00 bits per heavy atom. The number of fused-ring (bicyclic) bond motifs is 2. The lowest BCUT2D eigenvalue weighted by Crippen LogP contribution is -2.65. The van der Waals surface area contributed by atoms with Crippen LogP contribution in [-0.2, 0) is 14.3 Å². The number of ether oxygens (including phenoxy) is 1. The Balaban J connectivity index is 2.00. The van der Waals surface area contributed by atoms with Crippen LogP contribution in [0.5, 0.6) is 0 Å². The molecular weight excluding hydrogens is 208 g/mol. The summed E-state index contributed by atoms with van der Waals surface area (Å²) >= 11 is 0. The van der Waals surface area contributed by atoms with Gasteiger partial charge < -0.3 is 9.64 Å². The predicted octanol–water partition coefficient (Wildman–Crippen LogP) is 0.0781. The Hall–Kier alpha value is -1.52. The highest BCUT2D eigenvalue weighted by Crippen LogP contribution is 2.30. The molecule has 3 rings (SSSR count). The summed E-state index contributed by atoms with van der Waals surface area (Å²) in [4.78, 5) is 27.6. The van der Waals surface area contributed by atoms with Gasteiger partial charge in [0.25, 0.3) is 0 Å². The third kappa shape index (κ3) is 1.11. The molecule has 2 amide bonds. The lowest BCUT2D eigenvalue weighted by atomic mass is 10.0. The van der Waals surface area contributed by atoms with Crippen molar-refractivity contribution in [1.29, 1.82) is 0 Å². The van der Waals surface area contributed by atoms with Crippen LogP contribution >= 0.6 is 0 Å². The molecule has 86 valence electrons. The first kappa shape index (κ1) is 9.69. The summed E-state index contributed by atoms with van der Waals surface area (Å²) in [6.45, 7) is 2.53. The Morgan fingerprint density at radius 1 is 1.38 bits per heavy atom. The molecule has 0 aliphatic carbocycles. The van der Waals surface area contributed by atoms with Crippen LogP contribution in [0.15, 0.2) is 12.5 Å². The van der Waals surface area contributed by atoms with Crippen LogP contribution in [-0.4, -0.2) is 46.3 Å². The van der Waals surface area contributed by atoms with Crippen LogP contribution in [0.2, 0.25) is 0 Å². The van der Waals surface area contributed by atoms with Gasteiger partial charge in [0.05, 0.1) is 6.26 Å². The molecule has 3 aliphatic heterocycles. The third-order valence-corrected chi connectivity index (χ3v) is 3.59. The number of rotatable bonds is 0.